The Morgan fingerprint density at radius 3 is 2.89 bits per heavy atom. The lowest BCUT2D eigenvalue weighted by atomic mass is 10.3. The fourth-order valence-electron chi connectivity index (χ4n) is 1.70. The van der Waals surface area contributed by atoms with E-state index in [0.29, 0.717) is 18.8 Å². The Kier molecular flexibility index (Phi) is 5.33. The number of hydrogen-bond acceptors (Lipinski definition) is 6. The Hall–Kier alpha value is -1.58. The molecule has 19 heavy (non-hydrogen) atoms. The first-order chi connectivity index (χ1) is 8.65. The molecule has 0 radical (unpaired) electrons. The summed E-state index contributed by atoms with van der Waals surface area (Å²) in [6, 6.07) is 0. The van der Waals surface area contributed by atoms with Crippen LogP contribution < -0.4 is 11.3 Å². The number of rotatable bonds is 5. The highest BCUT2D eigenvalue weighted by atomic mass is 32.1. The number of nitrogens with two attached hydrogens (primary N) is 1. The van der Waals surface area contributed by atoms with Crippen molar-refractivity contribution in [3.05, 3.63) is 16.7 Å². The molecule has 0 fully saturated rings. The third-order valence-corrected chi connectivity index (χ3v) is 2.58. The van der Waals surface area contributed by atoms with Crippen LogP contribution in [0.4, 0.5) is 5.95 Å². The summed E-state index contributed by atoms with van der Waals surface area (Å²) in [4.78, 5) is 22.1. The lowest BCUT2D eigenvalue weighted by molar-refractivity contribution is 0.0189. The molecule has 0 aromatic carbocycles. The minimum atomic E-state index is -0.350. The fraction of sp³-hybridized carbons (Fsp3) is 0.500. The average Bonchev–Trinajstić information content (AvgIpc) is 2.72. The third-order valence-electron chi connectivity index (χ3n) is 2.58. The number of hydrogen-bond donors (Lipinski definition) is 2. The standard InChI is InChI=1S/C10H15N5O3.H2S/c1-17-4-6(18-2)3-15-5-12-7-8(15)13-10(11)14-9(7)16;/h5-6H,3-4H2,1-2H3,(H3,11,13,14,16);1H2/t6-;/m0./s1. The molecule has 0 saturated heterocycles. The quantitative estimate of drug-likeness (QED) is 0.766. The fourth-order valence-corrected chi connectivity index (χ4v) is 1.70. The van der Waals surface area contributed by atoms with Gasteiger partial charge in [-0.2, -0.15) is 18.5 Å². The molecule has 2 aromatic rings. The second kappa shape index (κ2) is 6.55. The van der Waals surface area contributed by atoms with E-state index in [1.165, 1.54) is 6.33 Å². The lowest BCUT2D eigenvalue weighted by Gasteiger charge is -2.14. The summed E-state index contributed by atoms with van der Waals surface area (Å²) >= 11 is 0. The number of methoxy groups -OCH3 is 2. The lowest BCUT2D eigenvalue weighted by Crippen LogP contribution is -2.24. The minimum absolute atomic E-state index is 0. The first-order valence-electron chi connectivity index (χ1n) is 5.38. The van der Waals surface area contributed by atoms with E-state index < -0.39 is 0 Å². The van der Waals surface area contributed by atoms with Crippen LogP contribution >= 0.6 is 13.5 Å². The first kappa shape index (κ1) is 15.5. The number of aromatic nitrogens is 4. The van der Waals surface area contributed by atoms with Crippen molar-refractivity contribution < 1.29 is 9.47 Å². The van der Waals surface area contributed by atoms with Crippen molar-refractivity contribution >= 4 is 30.6 Å². The van der Waals surface area contributed by atoms with Gasteiger partial charge in [0, 0.05) is 14.2 Å². The van der Waals surface area contributed by atoms with Crippen LogP contribution in [0.25, 0.3) is 11.2 Å². The van der Waals surface area contributed by atoms with Gasteiger partial charge in [-0.15, -0.1) is 0 Å². The number of fused-ring (bicyclic) bond motifs is 1. The van der Waals surface area contributed by atoms with Crippen LogP contribution in [0.15, 0.2) is 11.1 Å². The van der Waals surface area contributed by atoms with Crippen LogP contribution in [0.1, 0.15) is 0 Å². The molecule has 106 valence electrons. The van der Waals surface area contributed by atoms with Crippen LogP contribution in [0.3, 0.4) is 0 Å². The van der Waals surface area contributed by atoms with Crippen LogP contribution in [0, 0.1) is 0 Å². The van der Waals surface area contributed by atoms with Gasteiger partial charge >= 0.3 is 0 Å². The predicted molar refractivity (Wildman–Crippen MR) is 75.6 cm³/mol. The van der Waals surface area contributed by atoms with E-state index in [-0.39, 0.29) is 36.6 Å². The number of ether oxygens (including phenoxy) is 2. The van der Waals surface area contributed by atoms with Crippen LogP contribution in [0.5, 0.6) is 0 Å². The van der Waals surface area contributed by atoms with Crippen LogP contribution in [-0.4, -0.2) is 46.4 Å². The Labute approximate surface area is 116 Å². The maximum Gasteiger partial charge on any atom is 0.280 e. The molecule has 2 heterocycles. The molecule has 1 atom stereocenters. The van der Waals surface area contributed by atoms with E-state index in [0.717, 1.165) is 0 Å². The van der Waals surface area contributed by atoms with Gasteiger partial charge in [-0.1, -0.05) is 0 Å². The van der Waals surface area contributed by atoms with Crippen molar-refractivity contribution in [3.63, 3.8) is 0 Å². The largest absolute Gasteiger partial charge is 0.382 e. The highest BCUT2D eigenvalue weighted by Crippen LogP contribution is 2.08. The summed E-state index contributed by atoms with van der Waals surface area (Å²) < 4.78 is 12.0. The Bertz CT molecular complexity index is 596. The SMILES string of the molecule is COC[C@H](Cn1cnc2c(=O)[nH]c(N)nc21)OC.S. The van der Waals surface area contributed by atoms with Crippen molar-refractivity contribution in [1.29, 1.82) is 0 Å². The molecule has 0 aliphatic rings. The maximum atomic E-state index is 11.6. The molecule has 0 unspecified atom stereocenters. The van der Waals surface area contributed by atoms with Gasteiger partial charge in [0.25, 0.3) is 5.56 Å². The molecule has 0 spiro atoms. The number of aromatic amines is 1. The summed E-state index contributed by atoms with van der Waals surface area (Å²) in [6.45, 7) is 0.922. The number of anilines is 1. The van der Waals surface area contributed by atoms with Crippen LogP contribution in [0.2, 0.25) is 0 Å². The van der Waals surface area contributed by atoms with Gasteiger partial charge in [-0.05, 0) is 0 Å². The van der Waals surface area contributed by atoms with Crippen LogP contribution in [-0.2, 0) is 16.0 Å². The Morgan fingerprint density at radius 1 is 1.53 bits per heavy atom. The Morgan fingerprint density at radius 2 is 2.26 bits per heavy atom. The zero-order chi connectivity index (χ0) is 13.1. The Balaban J connectivity index is 0.00000180. The summed E-state index contributed by atoms with van der Waals surface area (Å²) in [7, 11) is 3.19. The van der Waals surface area contributed by atoms with Crippen molar-refractivity contribution in [2.75, 3.05) is 26.6 Å². The average molecular weight is 287 g/mol. The van der Waals surface area contributed by atoms with E-state index in [2.05, 4.69) is 15.0 Å². The van der Waals surface area contributed by atoms with Gasteiger partial charge in [0.1, 0.15) is 0 Å². The third kappa shape index (κ3) is 3.25. The summed E-state index contributed by atoms with van der Waals surface area (Å²) in [5.74, 6) is 0.0648. The summed E-state index contributed by atoms with van der Waals surface area (Å²) in [6.07, 6.45) is 1.39. The molecule has 2 aromatic heterocycles. The normalized spacial score (nSPS) is 12.3. The molecular weight excluding hydrogens is 270 g/mol. The minimum Gasteiger partial charge on any atom is -0.382 e. The smallest absolute Gasteiger partial charge is 0.280 e. The molecule has 0 bridgehead atoms. The molecule has 0 saturated carbocycles. The van der Waals surface area contributed by atoms with Gasteiger partial charge in [0.05, 0.1) is 25.6 Å². The molecule has 3 N–H and O–H groups in total. The van der Waals surface area contributed by atoms with E-state index in [4.69, 9.17) is 15.2 Å². The highest BCUT2D eigenvalue weighted by Gasteiger charge is 2.13. The number of nitrogens with one attached hydrogen (secondary N) is 1. The van der Waals surface area contributed by atoms with Gasteiger partial charge in [0.2, 0.25) is 5.95 Å². The number of imidazole rings is 1. The predicted octanol–water partition coefficient (Wildman–Crippen LogP) is -0.524. The van der Waals surface area contributed by atoms with Crippen molar-refractivity contribution in [2.24, 2.45) is 0 Å². The zero-order valence-electron chi connectivity index (χ0n) is 10.7. The molecule has 2 rings (SSSR count). The monoisotopic (exact) mass is 287 g/mol. The van der Waals surface area contributed by atoms with Gasteiger partial charge in [-0.3, -0.25) is 9.78 Å². The van der Waals surface area contributed by atoms with E-state index >= 15 is 0 Å². The number of nitrogens with zero attached hydrogens (tertiary/aromatic N) is 3. The second-order valence-corrected chi connectivity index (χ2v) is 3.83. The maximum absolute atomic E-state index is 11.6. The topological polar surface area (TPSA) is 108 Å². The zero-order valence-corrected chi connectivity index (χ0v) is 11.7. The highest BCUT2D eigenvalue weighted by molar-refractivity contribution is 7.59. The summed E-state index contributed by atoms with van der Waals surface area (Å²) in [5, 5.41) is 0. The van der Waals surface area contributed by atoms with Gasteiger partial charge in [0.15, 0.2) is 11.2 Å². The van der Waals surface area contributed by atoms with E-state index in [9.17, 15) is 4.79 Å². The molecule has 0 amide bonds. The molecule has 8 nitrogen and oxygen atoms in total. The molecule has 9 heteroatoms. The van der Waals surface area contributed by atoms with Crippen molar-refractivity contribution in [3.8, 4) is 0 Å². The van der Waals surface area contributed by atoms with E-state index in [1.807, 2.05) is 0 Å². The molecule has 0 aliphatic carbocycles. The number of nitrogen functional groups attached to an aromatic ring is 1. The number of H-pyrrole nitrogens is 1. The van der Waals surface area contributed by atoms with E-state index in [1.54, 1.807) is 18.8 Å². The van der Waals surface area contributed by atoms with Crippen molar-refractivity contribution in [2.45, 2.75) is 12.6 Å². The first-order valence-corrected chi connectivity index (χ1v) is 5.38. The molecule has 0 aliphatic heterocycles. The van der Waals surface area contributed by atoms with Gasteiger partial charge < -0.3 is 19.8 Å². The van der Waals surface area contributed by atoms with Gasteiger partial charge in [-0.25, -0.2) is 4.98 Å². The second-order valence-electron chi connectivity index (χ2n) is 3.83. The molecular formula is C10H17N5O3S. The van der Waals surface area contributed by atoms with Crippen molar-refractivity contribution in [1.82, 2.24) is 19.5 Å². The summed E-state index contributed by atoms with van der Waals surface area (Å²) in [5.41, 5.74) is 5.86.